The monoisotopic (exact) mass is 377 g/mol. The van der Waals surface area contributed by atoms with Gasteiger partial charge in [0.2, 0.25) is 5.91 Å². The Balaban J connectivity index is 1.37. The minimum atomic E-state index is 0.00922. The summed E-state index contributed by atoms with van der Waals surface area (Å²) in [5.74, 6) is 0.00922. The lowest BCUT2D eigenvalue weighted by Crippen LogP contribution is -2.38. The summed E-state index contributed by atoms with van der Waals surface area (Å²) in [4.78, 5) is 14.8. The molecule has 1 N–H and O–H groups in total. The Bertz CT molecular complexity index is 940. The molecule has 2 aromatic carbocycles. The van der Waals surface area contributed by atoms with Crippen LogP contribution in [0.4, 0.5) is 5.69 Å². The van der Waals surface area contributed by atoms with Crippen LogP contribution in [0.5, 0.6) is 0 Å². The van der Waals surface area contributed by atoms with Crippen molar-refractivity contribution in [3.63, 3.8) is 0 Å². The average molecular weight is 377 g/mol. The van der Waals surface area contributed by atoms with Crippen LogP contribution in [0.25, 0.3) is 10.9 Å². The van der Waals surface area contributed by atoms with E-state index in [2.05, 4.69) is 33.1 Å². The molecule has 0 spiro atoms. The lowest BCUT2D eigenvalue weighted by atomic mass is 10.1. The van der Waals surface area contributed by atoms with Crippen molar-refractivity contribution in [3.8, 4) is 0 Å². The fourth-order valence-corrected chi connectivity index (χ4v) is 3.64. The predicted octanol–water partition coefficient (Wildman–Crippen LogP) is 3.46. The number of aryl methyl sites for hydroxylation is 1. The van der Waals surface area contributed by atoms with Crippen LogP contribution in [0.2, 0.25) is 0 Å². The van der Waals surface area contributed by atoms with Crippen molar-refractivity contribution in [2.45, 2.75) is 19.9 Å². The van der Waals surface area contributed by atoms with E-state index in [4.69, 9.17) is 4.74 Å². The quantitative estimate of drug-likeness (QED) is 0.716. The molecular formula is C23H27N3O2. The molecule has 5 nitrogen and oxygen atoms in total. The normalized spacial score (nSPS) is 15.0. The van der Waals surface area contributed by atoms with Gasteiger partial charge in [-0.25, -0.2) is 0 Å². The lowest BCUT2D eigenvalue weighted by molar-refractivity contribution is -0.115. The second kappa shape index (κ2) is 8.59. The molecule has 4 rings (SSSR count). The summed E-state index contributed by atoms with van der Waals surface area (Å²) < 4.78 is 7.69. The lowest BCUT2D eigenvalue weighted by Gasteiger charge is -2.26. The summed E-state index contributed by atoms with van der Waals surface area (Å²) in [7, 11) is 0. The van der Waals surface area contributed by atoms with Crippen molar-refractivity contribution in [2.75, 3.05) is 38.2 Å². The number of nitrogens with zero attached hydrogens (tertiary/aromatic N) is 2. The van der Waals surface area contributed by atoms with E-state index >= 15 is 0 Å². The number of anilines is 1. The SMILES string of the molecule is Cc1ccc(CC(=O)Nc2ccc3c(ccn3CCN3CCOCC3)c2)cc1. The highest BCUT2D eigenvalue weighted by atomic mass is 16.5. The fraction of sp³-hybridized carbons (Fsp3) is 0.348. The van der Waals surface area contributed by atoms with Gasteiger partial charge in [0, 0.05) is 49.0 Å². The van der Waals surface area contributed by atoms with Crippen LogP contribution >= 0.6 is 0 Å². The van der Waals surface area contributed by atoms with E-state index in [1.54, 1.807) is 0 Å². The Labute approximate surface area is 165 Å². The molecule has 0 aliphatic carbocycles. The minimum Gasteiger partial charge on any atom is -0.379 e. The number of nitrogens with one attached hydrogen (secondary N) is 1. The number of amides is 1. The Morgan fingerprint density at radius 3 is 2.61 bits per heavy atom. The van der Waals surface area contributed by atoms with Crippen molar-refractivity contribution < 1.29 is 9.53 Å². The molecular weight excluding hydrogens is 350 g/mol. The number of hydrogen-bond acceptors (Lipinski definition) is 3. The van der Waals surface area contributed by atoms with Crippen molar-refractivity contribution in [1.29, 1.82) is 0 Å². The van der Waals surface area contributed by atoms with E-state index in [9.17, 15) is 4.79 Å². The van der Waals surface area contributed by atoms with Crippen molar-refractivity contribution in [3.05, 3.63) is 65.9 Å². The van der Waals surface area contributed by atoms with Crippen molar-refractivity contribution in [1.82, 2.24) is 9.47 Å². The average Bonchev–Trinajstić information content (AvgIpc) is 3.11. The molecule has 0 unspecified atom stereocenters. The zero-order valence-corrected chi connectivity index (χ0v) is 16.4. The van der Waals surface area contributed by atoms with E-state index in [-0.39, 0.29) is 5.91 Å². The van der Waals surface area contributed by atoms with Gasteiger partial charge in [0.05, 0.1) is 19.6 Å². The molecule has 0 radical (unpaired) electrons. The summed E-state index contributed by atoms with van der Waals surface area (Å²) in [5.41, 5.74) is 4.27. The summed E-state index contributed by atoms with van der Waals surface area (Å²) in [6.45, 7) is 7.72. The van der Waals surface area contributed by atoms with Gasteiger partial charge in [0.1, 0.15) is 0 Å². The highest BCUT2D eigenvalue weighted by molar-refractivity contribution is 5.95. The van der Waals surface area contributed by atoms with Crippen LogP contribution < -0.4 is 5.32 Å². The molecule has 0 bridgehead atoms. The number of ether oxygens (including phenoxy) is 1. The van der Waals surface area contributed by atoms with Crippen LogP contribution in [0.1, 0.15) is 11.1 Å². The molecule has 2 heterocycles. The van der Waals surface area contributed by atoms with E-state index < -0.39 is 0 Å². The number of benzene rings is 2. The number of fused-ring (bicyclic) bond motifs is 1. The summed E-state index contributed by atoms with van der Waals surface area (Å²) >= 11 is 0. The number of aromatic nitrogens is 1. The molecule has 1 aliphatic rings. The summed E-state index contributed by atoms with van der Waals surface area (Å²) in [5, 5.41) is 4.17. The van der Waals surface area contributed by atoms with Gasteiger partial charge in [-0.2, -0.15) is 0 Å². The first-order valence-corrected chi connectivity index (χ1v) is 9.92. The Morgan fingerprint density at radius 2 is 1.82 bits per heavy atom. The topological polar surface area (TPSA) is 46.5 Å². The number of carbonyl (C=O) groups excluding carboxylic acids is 1. The third-order valence-corrected chi connectivity index (χ3v) is 5.30. The van der Waals surface area contributed by atoms with Crippen LogP contribution in [0.3, 0.4) is 0 Å². The number of hydrogen-bond donors (Lipinski definition) is 1. The second-order valence-electron chi connectivity index (χ2n) is 7.45. The van der Waals surface area contributed by atoms with Gasteiger partial charge < -0.3 is 14.6 Å². The van der Waals surface area contributed by atoms with E-state index in [0.29, 0.717) is 6.42 Å². The first kappa shape index (κ1) is 18.7. The highest BCUT2D eigenvalue weighted by Crippen LogP contribution is 2.21. The number of rotatable bonds is 6. The maximum absolute atomic E-state index is 12.4. The zero-order valence-electron chi connectivity index (χ0n) is 16.4. The van der Waals surface area contributed by atoms with Crippen molar-refractivity contribution in [2.24, 2.45) is 0 Å². The molecule has 3 aromatic rings. The molecule has 5 heteroatoms. The molecule has 1 saturated heterocycles. The van der Waals surface area contributed by atoms with E-state index in [1.165, 1.54) is 11.1 Å². The highest BCUT2D eigenvalue weighted by Gasteiger charge is 2.11. The largest absolute Gasteiger partial charge is 0.379 e. The zero-order chi connectivity index (χ0) is 19.3. The molecule has 1 aliphatic heterocycles. The van der Waals surface area contributed by atoms with Gasteiger partial charge in [-0.05, 0) is 36.8 Å². The van der Waals surface area contributed by atoms with Gasteiger partial charge in [-0.15, -0.1) is 0 Å². The van der Waals surface area contributed by atoms with Crippen molar-refractivity contribution >= 4 is 22.5 Å². The first-order chi connectivity index (χ1) is 13.7. The molecule has 28 heavy (non-hydrogen) atoms. The predicted molar refractivity (Wildman–Crippen MR) is 113 cm³/mol. The van der Waals surface area contributed by atoms with Crippen LogP contribution in [-0.2, 0) is 22.5 Å². The van der Waals surface area contributed by atoms with E-state index in [1.807, 2.05) is 43.3 Å². The standard InChI is InChI=1S/C23H27N3O2/c1-18-2-4-19(5-3-18)16-23(27)24-21-6-7-22-20(17-21)8-9-26(22)11-10-25-12-14-28-15-13-25/h2-9,17H,10-16H2,1H3,(H,24,27). The molecule has 1 amide bonds. The summed E-state index contributed by atoms with van der Waals surface area (Å²) in [6.07, 6.45) is 2.52. The van der Waals surface area contributed by atoms with Gasteiger partial charge in [-0.1, -0.05) is 29.8 Å². The molecule has 1 aromatic heterocycles. The van der Waals surface area contributed by atoms with Crippen LogP contribution in [0.15, 0.2) is 54.7 Å². The Hall–Kier alpha value is -2.63. The van der Waals surface area contributed by atoms with Gasteiger partial charge in [0.15, 0.2) is 0 Å². The third-order valence-electron chi connectivity index (χ3n) is 5.30. The molecule has 1 fully saturated rings. The number of carbonyl (C=O) groups is 1. The molecule has 146 valence electrons. The molecule has 0 atom stereocenters. The number of morpholine rings is 1. The summed E-state index contributed by atoms with van der Waals surface area (Å²) in [6, 6.07) is 16.3. The second-order valence-corrected chi connectivity index (χ2v) is 7.45. The van der Waals surface area contributed by atoms with Crippen LogP contribution in [0, 0.1) is 6.92 Å². The first-order valence-electron chi connectivity index (χ1n) is 9.92. The maximum atomic E-state index is 12.4. The van der Waals surface area contributed by atoms with Gasteiger partial charge in [-0.3, -0.25) is 9.69 Å². The van der Waals surface area contributed by atoms with E-state index in [0.717, 1.165) is 56.0 Å². The van der Waals surface area contributed by atoms with Crippen LogP contribution in [-0.4, -0.2) is 48.2 Å². The smallest absolute Gasteiger partial charge is 0.228 e. The Morgan fingerprint density at radius 1 is 1.04 bits per heavy atom. The van der Waals surface area contributed by atoms with Gasteiger partial charge >= 0.3 is 0 Å². The minimum absolute atomic E-state index is 0.00922. The Kier molecular flexibility index (Phi) is 5.74. The fourth-order valence-electron chi connectivity index (χ4n) is 3.64. The third kappa shape index (κ3) is 4.61. The van der Waals surface area contributed by atoms with Gasteiger partial charge in [0.25, 0.3) is 0 Å². The molecule has 0 saturated carbocycles. The maximum Gasteiger partial charge on any atom is 0.228 e.